The van der Waals surface area contributed by atoms with Gasteiger partial charge in [0.2, 0.25) is 0 Å². The molecule has 1 fully saturated rings. The maximum atomic E-state index is 13.3. The lowest BCUT2D eigenvalue weighted by atomic mass is 9.88. The highest BCUT2D eigenvalue weighted by Gasteiger charge is 2.27. The molecular formula is C24H23N3O. The van der Waals surface area contributed by atoms with E-state index in [0.717, 1.165) is 65.7 Å². The first-order chi connectivity index (χ1) is 13.8. The zero-order chi connectivity index (χ0) is 18.9. The molecule has 0 spiro atoms. The fraction of sp³-hybridized carbons (Fsp3) is 0.250. The van der Waals surface area contributed by atoms with Crippen molar-refractivity contribution in [3.63, 3.8) is 0 Å². The van der Waals surface area contributed by atoms with Gasteiger partial charge in [0.15, 0.2) is 5.78 Å². The maximum Gasteiger partial charge on any atom is 0.167 e. The number of hydrogen-bond donors (Lipinski definition) is 1. The Balaban J connectivity index is 1.35. The number of H-pyrrole nitrogens is 1. The van der Waals surface area contributed by atoms with Gasteiger partial charge >= 0.3 is 0 Å². The number of rotatable bonds is 4. The summed E-state index contributed by atoms with van der Waals surface area (Å²) in [6, 6.07) is 22.3. The smallest absolute Gasteiger partial charge is 0.167 e. The van der Waals surface area contributed by atoms with Gasteiger partial charge in [-0.05, 0) is 42.3 Å². The molecule has 1 atom stereocenters. The van der Waals surface area contributed by atoms with E-state index in [2.05, 4.69) is 34.1 Å². The van der Waals surface area contributed by atoms with Crippen molar-refractivity contribution >= 4 is 27.6 Å². The van der Waals surface area contributed by atoms with Crippen molar-refractivity contribution in [3.8, 4) is 0 Å². The number of fused-ring (bicyclic) bond motifs is 2. The average Bonchev–Trinajstić information content (AvgIpc) is 3.15. The zero-order valence-electron chi connectivity index (χ0n) is 15.8. The normalized spacial score (nSPS) is 17.9. The quantitative estimate of drug-likeness (QED) is 0.525. The molecule has 0 bridgehead atoms. The first kappa shape index (κ1) is 17.1. The molecule has 1 aromatic heterocycles. The second-order valence-electron chi connectivity index (χ2n) is 7.67. The minimum Gasteiger partial charge on any atom is -0.341 e. The Morgan fingerprint density at radius 1 is 1.04 bits per heavy atom. The van der Waals surface area contributed by atoms with Gasteiger partial charge in [-0.25, -0.2) is 4.98 Å². The summed E-state index contributed by atoms with van der Waals surface area (Å²) >= 11 is 0. The zero-order valence-corrected chi connectivity index (χ0v) is 15.8. The van der Waals surface area contributed by atoms with Gasteiger partial charge in [-0.1, -0.05) is 54.6 Å². The van der Waals surface area contributed by atoms with Gasteiger partial charge in [0.25, 0.3) is 0 Å². The molecule has 1 N–H and O–H groups in total. The number of aromatic nitrogens is 2. The molecule has 4 heteroatoms. The Morgan fingerprint density at radius 3 is 2.79 bits per heavy atom. The van der Waals surface area contributed by atoms with E-state index in [4.69, 9.17) is 4.98 Å². The van der Waals surface area contributed by atoms with Crippen molar-refractivity contribution in [1.82, 2.24) is 14.9 Å². The number of nitrogens with zero attached hydrogens (tertiary/aromatic N) is 2. The van der Waals surface area contributed by atoms with Gasteiger partial charge in [-0.3, -0.25) is 9.69 Å². The highest BCUT2D eigenvalue weighted by atomic mass is 16.1. The van der Waals surface area contributed by atoms with Crippen LogP contribution in [0.15, 0.2) is 66.7 Å². The third-order valence-electron chi connectivity index (χ3n) is 5.74. The van der Waals surface area contributed by atoms with Crippen LogP contribution in [0.5, 0.6) is 0 Å². The van der Waals surface area contributed by atoms with Gasteiger partial charge < -0.3 is 4.98 Å². The second-order valence-corrected chi connectivity index (χ2v) is 7.67. The van der Waals surface area contributed by atoms with Crippen LogP contribution in [-0.4, -0.2) is 33.7 Å². The van der Waals surface area contributed by atoms with E-state index in [1.54, 1.807) is 0 Å². The lowest BCUT2D eigenvalue weighted by molar-refractivity contribution is 0.0810. The highest BCUT2D eigenvalue weighted by molar-refractivity contribution is 6.09. The summed E-state index contributed by atoms with van der Waals surface area (Å²) in [4.78, 5) is 23.8. The lowest BCUT2D eigenvalue weighted by Gasteiger charge is -2.31. The van der Waals surface area contributed by atoms with Crippen LogP contribution in [0.3, 0.4) is 0 Å². The molecule has 5 rings (SSSR count). The summed E-state index contributed by atoms with van der Waals surface area (Å²) in [7, 11) is 0. The van der Waals surface area contributed by atoms with Crippen molar-refractivity contribution in [2.24, 2.45) is 5.92 Å². The second kappa shape index (κ2) is 7.21. The number of imidazole rings is 1. The Kier molecular flexibility index (Phi) is 4.41. The van der Waals surface area contributed by atoms with Crippen LogP contribution < -0.4 is 0 Å². The van der Waals surface area contributed by atoms with Crippen LogP contribution in [0.1, 0.15) is 29.0 Å². The molecule has 1 aliphatic heterocycles. The van der Waals surface area contributed by atoms with Crippen LogP contribution in [0.2, 0.25) is 0 Å². The van der Waals surface area contributed by atoms with Crippen LogP contribution in [0.4, 0.5) is 0 Å². The molecule has 140 valence electrons. The van der Waals surface area contributed by atoms with Gasteiger partial charge in [-0.2, -0.15) is 0 Å². The van der Waals surface area contributed by atoms with Crippen LogP contribution in [-0.2, 0) is 6.54 Å². The number of nitrogens with one attached hydrogen (secondary N) is 1. The van der Waals surface area contributed by atoms with E-state index in [1.807, 2.05) is 42.5 Å². The number of ketones is 1. The molecule has 4 nitrogen and oxygen atoms in total. The summed E-state index contributed by atoms with van der Waals surface area (Å²) in [6.45, 7) is 2.56. The minimum absolute atomic E-state index is 0.0453. The average molecular weight is 369 g/mol. The standard InChI is InChI=1S/C24H23N3O/c28-24(20-11-5-8-17-7-1-2-10-19(17)20)18-9-6-14-27(15-18)16-23-25-21-12-3-4-13-22(21)26-23/h1-5,7-8,10-13,18H,6,9,14-16H2,(H,25,26)/t18-/m1/s1. The molecule has 0 saturated carbocycles. The molecular weight excluding hydrogens is 346 g/mol. The monoisotopic (exact) mass is 369 g/mol. The van der Waals surface area contributed by atoms with Crippen molar-refractivity contribution in [2.45, 2.75) is 19.4 Å². The van der Waals surface area contributed by atoms with Gasteiger partial charge in [0, 0.05) is 18.0 Å². The number of benzene rings is 3. The fourth-order valence-corrected chi connectivity index (χ4v) is 4.37. The van der Waals surface area contributed by atoms with Crippen molar-refractivity contribution in [2.75, 3.05) is 13.1 Å². The molecule has 0 unspecified atom stereocenters. The van der Waals surface area contributed by atoms with Crippen molar-refractivity contribution < 1.29 is 4.79 Å². The molecule has 1 saturated heterocycles. The number of aromatic amines is 1. The summed E-state index contributed by atoms with van der Waals surface area (Å²) < 4.78 is 0. The molecule has 3 aromatic carbocycles. The fourth-order valence-electron chi connectivity index (χ4n) is 4.37. The van der Waals surface area contributed by atoms with Gasteiger partial charge in [-0.15, -0.1) is 0 Å². The van der Waals surface area contributed by atoms with E-state index in [0.29, 0.717) is 0 Å². The Morgan fingerprint density at radius 2 is 1.86 bits per heavy atom. The van der Waals surface area contributed by atoms with Crippen LogP contribution in [0, 0.1) is 5.92 Å². The molecule has 0 amide bonds. The molecule has 0 aliphatic carbocycles. The topological polar surface area (TPSA) is 49.0 Å². The lowest BCUT2D eigenvalue weighted by Crippen LogP contribution is -2.38. The molecule has 28 heavy (non-hydrogen) atoms. The Bertz CT molecular complexity index is 1110. The number of piperidine rings is 1. The van der Waals surface area contributed by atoms with Crippen molar-refractivity contribution in [3.05, 3.63) is 78.1 Å². The summed E-state index contributed by atoms with van der Waals surface area (Å²) in [5.41, 5.74) is 2.92. The van der Waals surface area contributed by atoms with Gasteiger partial charge in [0.1, 0.15) is 5.82 Å². The number of carbonyl (C=O) groups excluding carboxylic acids is 1. The summed E-state index contributed by atoms with van der Waals surface area (Å²) in [5, 5.41) is 2.19. The first-order valence-corrected chi connectivity index (χ1v) is 9.96. The molecule has 2 heterocycles. The highest BCUT2D eigenvalue weighted by Crippen LogP contribution is 2.26. The first-order valence-electron chi connectivity index (χ1n) is 9.96. The van der Waals surface area contributed by atoms with Crippen LogP contribution in [0.25, 0.3) is 21.8 Å². The van der Waals surface area contributed by atoms with E-state index in [9.17, 15) is 4.79 Å². The van der Waals surface area contributed by atoms with Crippen LogP contribution >= 0.6 is 0 Å². The third-order valence-corrected chi connectivity index (χ3v) is 5.74. The number of carbonyl (C=O) groups is 1. The summed E-state index contributed by atoms with van der Waals surface area (Å²) in [5.74, 6) is 1.29. The largest absolute Gasteiger partial charge is 0.341 e. The summed E-state index contributed by atoms with van der Waals surface area (Å²) in [6.07, 6.45) is 2.00. The van der Waals surface area contributed by atoms with Gasteiger partial charge in [0.05, 0.1) is 17.6 Å². The Labute approximate surface area is 164 Å². The third kappa shape index (κ3) is 3.20. The number of hydrogen-bond acceptors (Lipinski definition) is 3. The van der Waals surface area contributed by atoms with E-state index < -0.39 is 0 Å². The number of likely N-dealkylation sites (tertiary alicyclic amines) is 1. The number of para-hydroxylation sites is 2. The SMILES string of the molecule is O=C(c1cccc2ccccc12)[C@@H]1CCCN(Cc2nc3ccccc3[nH]2)C1. The molecule has 0 radical (unpaired) electrons. The molecule has 4 aromatic rings. The van der Waals surface area contributed by atoms with E-state index >= 15 is 0 Å². The predicted molar refractivity (Wildman–Crippen MR) is 112 cm³/mol. The van der Waals surface area contributed by atoms with E-state index in [1.165, 1.54) is 0 Å². The maximum absolute atomic E-state index is 13.3. The predicted octanol–water partition coefficient (Wildman–Crippen LogP) is 4.81. The van der Waals surface area contributed by atoms with Crippen molar-refractivity contribution in [1.29, 1.82) is 0 Å². The Hall–Kier alpha value is -2.98. The number of Topliss-reactive ketones (excluding diaryl/α,β-unsaturated/α-hetero) is 1. The molecule has 1 aliphatic rings. The van der Waals surface area contributed by atoms with E-state index in [-0.39, 0.29) is 11.7 Å². The minimum atomic E-state index is 0.0453.